The maximum Gasteiger partial charge on any atom is 0.175 e. The van der Waals surface area contributed by atoms with Crippen molar-refractivity contribution in [1.82, 2.24) is 0 Å². The van der Waals surface area contributed by atoms with Gasteiger partial charge in [0.15, 0.2) is 11.5 Å². The predicted molar refractivity (Wildman–Crippen MR) is 73.9 cm³/mol. The zero-order chi connectivity index (χ0) is 13.2. The molecule has 0 radical (unpaired) electrons. The molecule has 2 N–H and O–H groups in total. The lowest BCUT2D eigenvalue weighted by Crippen LogP contribution is -2.11. The Hall–Kier alpha value is -0.740. The second-order valence-electron chi connectivity index (χ2n) is 4.37. The molecule has 0 aromatic heterocycles. The van der Waals surface area contributed by atoms with Crippen LogP contribution in [0.25, 0.3) is 0 Å². The first kappa shape index (κ1) is 14.3. The van der Waals surface area contributed by atoms with E-state index in [1.54, 1.807) is 14.2 Å². The molecule has 0 saturated carbocycles. The topological polar surface area (TPSA) is 44.5 Å². The summed E-state index contributed by atoms with van der Waals surface area (Å²) in [5.74, 6) is 1.82. The molecule has 0 amide bonds. The third-order valence-corrected chi connectivity index (χ3v) is 3.33. The Balaban J connectivity index is 3.59. The molecular formula is C13H20BrNO2. The molecule has 0 saturated heterocycles. The van der Waals surface area contributed by atoms with Gasteiger partial charge < -0.3 is 15.2 Å². The summed E-state index contributed by atoms with van der Waals surface area (Å²) in [6.45, 7) is 6.22. The minimum Gasteiger partial charge on any atom is -0.493 e. The van der Waals surface area contributed by atoms with Gasteiger partial charge >= 0.3 is 0 Å². The number of ether oxygens (including phenoxy) is 2. The van der Waals surface area contributed by atoms with Crippen LogP contribution in [0.5, 0.6) is 11.5 Å². The van der Waals surface area contributed by atoms with E-state index >= 15 is 0 Å². The number of nitrogens with two attached hydrogens (primary N) is 1. The normalized spacial score (nSPS) is 12.7. The van der Waals surface area contributed by atoms with E-state index in [0.717, 1.165) is 27.1 Å². The number of halogens is 1. The van der Waals surface area contributed by atoms with Crippen LogP contribution >= 0.6 is 15.9 Å². The molecule has 4 heteroatoms. The molecule has 1 unspecified atom stereocenters. The smallest absolute Gasteiger partial charge is 0.175 e. The maximum absolute atomic E-state index is 6.02. The molecular weight excluding hydrogens is 282 g/mol. The van der Waals surface area contributed by atoms with Gasteiger partial charge in [-0.3, -0.25) is 0 Å². The molecule has 17 heavy (non-hydrogen) atoms. The average Bonchev–Trinajstić information content (AvgIpc) is 2.26. The summed E-state index contributed by atoms with van der Waals surface area (Å²) in [5, 5.41) is 0. The summed E-state index contributed by atoms with van der Waals surface area (Å²) in [7, 11) is 3.29. The summed E-state index contributed by atoms with van der Waals surface area (Å²) >= 11 is 3.49. The highest BCUT2D eigenvalue weighted by Crippen LogP contribution is 2.44. The van der Waals surface area contributed by atoms with Crippen LogP contribution < -0.4 is 15.2 Å². The van der Waals surface area contributed by atoms with Crippen LogP contribution in [0.4, 0.5) is 0 Å². The van der Waals surface area contributed by atoms with Crippen LogP contribution in [0, 0.1) is 0 Å². The second-order valence-corrected chi connectivity index (χ2v) is 5.23. The van der Waals surface area contributed by atoms with Gasteiger partial charge in [-0.1, -0.05) is 13.8 Å². The first-order valence-electron chi connectivity index (χ1n) is 5.63. The largest absolute Gasteiger partial charge is 0.493 e. The molecule has 1 aromatic rings. The zero-order valence-electron chi connectivity index (χ0n) is 11.0. The lowest BCUT2D eigenvalue weighted by molar-refractivity contribution is 0.347. The van der Waals surface area contributed by atoms with Gasteiger partial charge in [0.2, 0.25) is 0 Å². The highest BCUT2D eigenvalue weighted by Gasteiger charge is 2.22. The Kier molecular flexibility index (Phi) is 4.83. The van der Waals surface area contributed by atoms with Gasteiger partial charge in [-0.15, -0.1) is 0 Å². The minimum absolute atomic E-state index is 0.0384. The molecule has 1 atom stereocenters. The zero-order valence-corrected chi connectivity index (χ0v) is 12.6. The fraction of sp³-hybridized carbons (Fsp3) is 0.538. The molecule has 0 bridgehead atoms. The van der Waals surface area contributed by atoms with Crippen molar-refractivity contribution in [2.75, 3.05) is 14.2 Å². The first-order chi connectivity index (χ1) is 7.93. The molecule has 0 aliphatic carbocycles. The number of benzene rings is 1. The predicted octanol–water partition coefficient (Wildman–Crippen LogP) is 3.61. The molecule has 1 rings (SSSR count). The molecule has 96 valence electrons. The van der Waals surface area contributed by atoms with Crippen LogP contribution in [0.2, 0.25) is 0 Å². The Morgan fingerprint density at radius 1 is 1.12 bits per heavy atom. The molecule has 0 heterocycles. The van der Waals surface area contributed by atoms with Crippen molar-refractivity contribution in [2.24, 2.45) is 5.73 Å². The van der Waals surface area contributed by atoms with Gasteiger partial charge in [0, 0.05) is 11.6 Å². The van der Waals surface area contributed by atoms with Crippen molar-refractivity contribution in [3.05, 3.63) is 21.7 Å². The third-order valence-electron chi connectivity index (χ3n) is 2.74. The van der Waals surface area contributed by atoms with Crippen molar-refractivity contribution in [1.29, 1.82) is 0 Å². The highest BCUT2D eigenvalue weighted by molar-refractivity contribution is 9.10. The fourth-order valence-corrected chi connectivity index (χ4v) is 2.60. The lowest BCUT2D eigenvalue weighted by atomic mass is 9.92. The van der Waals surface area contributed by atoms with E-state index in [4.69, 9.17) is 15.2 Å². The molecule has 0 fully saturated rings. The van der Waals surface area contributed by atoms with Gasteiger partial charge in [0.05, 0.1) is 18.7 Å². The van der Waals surface area contributed by atoms with Crippen molar-refractivity contribution in [3.8, 4) is 11.5 Å². The van der Waals surface area contributed by atoms with Gasteiger partial charge in [0.25, 0.3) is 0 Å². The lowest BCUT2D eigenvalue weighted by Gasteiger charge is -2.22. The van der Waals surface area contributed by atoms with Crippen LogP contribution in [0.15, 0.2) is 10.5 Å². The second kappa shape index (κ2) is 5.74. The summed E-state index contributed by atoms with van der Waals surface area (Å²) in [6, 6.07) is 1.98. The molecule has 0 aliphatic rings. The van der Waals surface area contributed by atoms with Gasteiger partial charge in [-0.25, -0.2) is 0 Å². The molecule has 1 aromatic carbocycles. The van der Waals surface area contributed by atoms with Crippen LogP contribution in [0.3, 0.4) is 0 Å². The first-order valence-corrected chi connectivity index (χ1v) is 6.43. The number of hydrogen-bond acceptors (Lipinski definition) is 3. The van der Waals surface area contributed by atoms with E-state index in [2.05, 4.69) is 29.8 Å². The minimum atomic E-state index is -0.0384. The average molecular weight is 302 g/mol. The third kappa shape index (κ3) is 2.75. The molecule has 0 aliphatic heterocycles. The van der Waals surface area contributed by atoms with E-state index in [1.165, 1.54) is 0 Å². The van der Waals surface area contributed by atoms with Crippen molar-refractivity contribution in [2.45, 2.75) is 32.7 Å². The fourth-order valence-electron chi connectivity index (χ4n) is 2.01. The van der Waals surface area contributed by atoms with Crippen molar-refractivity contribution in [3.63, 3.8) is 0 Å². The Labute approximate surface area is 111 Å². The van der Waals surface area contributed by atoms with Gasteiger partial charge in [-0.05, 0) is 40.4 Å². The summed E-state index contributed by atoms with van der Waals surface area (Å²) in [6.07, 6.45) is 0. The molecule has 0 spiro atoms. The quantitative estimate of drug-likeness (QED) is 0.924. The Bertz CT molecular complexity index is 403. The summed E-state index contributed by atoms with van der Waals surface area (Å²) in [5.41, 5.74) is 8.22. The molecule has 3 nitrogen and oxygen atoms in total. The van der Waals surface area contributed by atoms with Crippen molar-refractivity contribution < 1.29 is 9.47 Å². The van der Waals surface area contributed by atoms with E-state index in [1.807, 2.05) is 13.0 Å². The monoisotopic (exact) mass is 301 g/mol. The van der Waals surface area contributed by atoms with Gasteiger partial charge in [-0.2, -0.15) is 0 Å². The maximum atomic E-state index is 6.02. The van der Waals surface area contributed by atoms with Gasteiger partial charge in [0.1, 0.15) is 0 Å². The van der Waals surface area contributed by atoms with E-state index < -0.39 is 0 Å². The summed E-state index contributed by atoms with van der Waals surface area (Å²) in [4.78, 5) is 0. The Morgan fingerprint density at radius 2 is 1.65 bits per heavy atom. The summed E-state index contributed by atoms with van der Waals surface area (Å²) < 4.78 is 11.7. The number of rotatable bonds is 4. The standard InChI is InChI=1S/C13H20BrNO2/c1-7(2)11-9(8(3)15)6-10(14)12(16-4)13(11)17-5/h6-8H,15H2,1-5H3. The van der Waals surface area contributed by atoms with E-state index in [0.29, 0.717) is 5.92 Å². The SMILES string of the molecule is COc1c(Br)cc(C(C)N)c(C(C)C)c1OC. The van der Waals surface area contributed by atoms with Crippen molar-refractivity contribution >= 4 is 15.9 Å². The number of methoxy groups -OCH3 is 2. The Morgan fingerprint density at radius 3 is 2.00 bits per heavy atom. The van der Waals surface area contributed by atoms with E-state index in [-0.39, 0.29) is 6.04 Å². The van der Waals surface area contributed by atoms with E-state index in [9.17, 15) is 0 Å². The highest BCUT2D eigenvalue weighted by atomic mass is 79.9. The number of hydrogen-bond donors (Lipinski definition) is 1. The van der Waals surface area contributed by atoms with Crippen LogP contribution in [0.1, 0.15) is 43.9 Å². The van der Waals surface area contributed by atoms with Crippen LogP contribution in [-0.2, 0) is 0 Å². The van der Waals surface area contributed by atoms with Crippen LogP contribution in [-0.4, -0.2) is 14.2 Å².